The highest BCUT2D eigenvalue weighted by Crippen LogP contribution is 2.28. The fraction of sp³-hybridized carbons (Fsp3) is 0.343. The SMILES string of the molecule is Cc1c(NC(=O)c2ccc(C(C)(C)C)nc2)cccc1-c1cn(C)c(=O)c(Nc2ccc(C(=O)N3CCCN(C)CC3)cc2)n1. The highest BCUT2D eigenvalue weighted by atomic mass is 16.2. The molecule has 1 aliphatic rings. The van der Waals surface area contributed by atoms with Crippen LogP contribution in [0, 0.1) is 6.92 Å². The molecule has 2 N–H and O–H groups in total. The second-order valence-electron chi connectivity index (χ2n) is 12.7. The second kappa shape index (κ2) is 13.0. The van der Waals surface area contributed by atoms with Crippen LogP contribution in [0.5, 0.6) is 0 Å². The van der Waals surface area contributed by atoms with Gasteiger partial charge in [0.2, 0.25) is 0 Å². The third kappa shape index (κ3) is 7.29. The van der Waals surface area contributed by atoms with Crippen molar-refractivity contribution in [2.75, 3.05) is 43.9 Å². The molecule has 234 valence electrons. The minimum atomic E-state index is -0.291. The van der Waals surface area contributed by atoms with Gasteiger partial charge in [-0.2, -0.15) is 0 Å². The fourth-order valence-electron chi connectivity index (χ4n) is 5.30. The van der Waals surface area contributed by atoms with E-state index in [-0.39, 0.29) is 28.6 Å². The predicted molar refractivity (Wildman–Crippen MR) is 178 cm³/mol. The molecular weight excluding hydrogens is 566 g/mol. The zero-order chi connectivity index (χ0) is 32.3. The van der Waals surface area contributed by atoms with Gasteiger partial charge in [-0.3, -0.25) is 19.4 Å². The normalized spacial score (nSPS) is 14.1. The Morgan fingerprint density at radius 3 is 2.31 bits per heavy atom. The molecule has 10 heteroatoms. The summed E-state index contributed by atoms with van der Waals surface area (Å²) in [6.07, 6.45) is 4.22. The van der Waals surface area contributed by atoms with Crippen molar-refractivity contribution in [3.63, 3.8) is 0 Å². The number of likely N-dealkylation sites (N-methyl/N-ethyl adjacent to an activating group) is 1. The molecule has 0 saturated carbocycles. The van der Waals surface area contributed by atoms with E-state index in [1.807, 2.05) is 36.1 Å². The van der Waals surface area contributed by atoms with Crippen LogP contribution in [0.25, 0.3) is 11.3 Å². The first-order valence-electron chi connectivity index (χ1n) is 15.2. The van der Waals surface area contributed by atoms with Gasteiger partial charge in [-0.1, -0.05) is 32.9 Å². The quantitative estimate of drug-likeness (QED) is 0.309. The van der Waals surface area contributed by atoms with E-state index < -0.39 is 0 Å². The highest BCUT2D eigenvalue weighted by molar-refractivity contribution is 6.05. The molecule has 0 aliphatic carbocycles. The molecule has 1 aliphatic heterocycles. The molecule has 0 atom stereocenters. The molecule has 5 rings (SSSR count). The first kappa shape index (κ1) is 31.6. The minimum Gasteiger partial charge on any atom is -0.337 e. The van der Waals surface area contributed by atoms with Gasteiger partial charge in [-0.25, -0.2) is 4.98 Å². The number of rotatable bonds is 6. The smallest absolute Gasteiger partial charge is 0.293 e. The van der Waals surface area contributed by atoms with Gasteiger partial charge in [0.25, 0.3) is 17.4 Å². The van der Waals surface area contributed by atoms with Crippen LogP contribution >= 0.6 is 0 Å². The van der Waals surface area contributed by atoms with Crippen LogP contribution in [0.4, 0.5) is 17.2 Å². The van der Waals surface area contributed by atoms with Crippen LogP contribution in [0.2, 0.25) is 0 Å². The van der Waals surface area contributed by atoms with Gasteiger partial charge in [0.1, 0.15) is 0 Å². The molecule has 0 spiro atoms. The number of hydrogen-bond donors (Lipinski definition) is 2. The first-order valence-corrected chi connectivity index (χ1v) is 15.2. The van der Waals surface area contributed by atoms with Crippen molar-refractivity contribution in [3.05, 3.63) is 99.7 Å². The van der Waals surface area contributed by atoms with E-state index >= 15 is 0 Å². The molecule has 2 amide bonds. The second-order valence-corrected chi connectivity index (χ2v) is 12.7. The third-order valence-electron chi connectivity index (χ3n) is 8.12. The van der Waals surface area contributed by atoms with Gasteiger partial charge in [-0.15, -0.1) is 0 Å². The van der Waals surface area contributed by atoms with E-state index in [1.165, 1.54) is 4.57 Å². The third-order valence-corrected chi connectivity index (χ3v) is 8.12. The number of pyridine rings is 1. The van der Waals surface area contributed by atoms with Crippen LogP contribution in [0.3, 0.4) is 0 Å². The maximum atomic E-state index is 13.1. The monoisotopic (exact) mass is 607 g/mol. The zero-order valence-electron chi connectivity index (χ0n) is 26.8. The van der Waals surface area contributed by atoms with E-state index in [0.717, 1.165) is 42.9 Å². The summed E-state index contributed by atoms with van der Waals surface area (Å²) in [7, 11) is 3.75. The Hall–Kier alpha value is -4.83. The molecule has 1 fully saturated rings. The van der Waals surface area contributed by atoms with Crippen molar-refractivity contribution in [1.82, 2.24) is 24.3 Å². The van der Waals surface area contributed by atoms with Gasteiger partial charge in [0.15, 0.2) is 5.82 Å². The van der Waals surface area contributed by atoms with E-state index in [2.05, 4.69) is 53.3 Å². The number of aryl methyl sites for hydroxylation is 1. The Kier molecular flexibility index (Phi) is 9.15. The van der Waals surface area contributed by atoms with Crippen LogP contribution in [-0.2, 0) is 12.5 Å². The van der Waals surface area contributed by atoms with Gasteiger partial charge in [0, 0.05) is 72.7 Å². The molecule has 0 radical (unpaired) electrons. The largest absolute Gasteiger partial charge is 0.337 e. The van der Waals surface area contributed by atoms with Crippen LogP contribution in [0.1, 0.15) is 59.2 Å². The molecule has 0 bridgehead atoms. The molecule has 3 heterocycles. The molecule has 0 unspecified atom stereocenters. The summed E-state index contributed by atoms with van der Waals surface area (Å²) in [4.78, 5) is 52.5. The molecule has 2 aromatic heterocycles. The standard InChI is InChI=1S/C35H41N7O3/c1-23-27(9-7-10-28(23)39-32(43)25-13-16-30(36-21-25)35(2,3)4)29-22-41(6)34(45)31(38-29)37-26-14-11-24(12-15-26)33(44)42-18-8-17-40(5)19-20-42/h7,9-16,21-22H,8,17-20H2,1-6H3,(H,37,38)(H,39,43). The molecular formula is C35H41N7O3. The zero-order valence-corrected chi connectivity index (χ0v) is 26.8. The Labute approximate surface area is 264 Å². The van der Waals surface area contributed by atoms with Crippen LogP contribution in [-0.4, -0.2) is 69.4 Å². The van der Waals surface area contributed by atoms with Gasteiger partial charge < -0.3 is 25.0 Å². The Balaban J connectivity index is 1.34. The fourth-order valence-corrected chi connectivity index (χ4v) is 5.30. The van der Waals surface area contributed by atoms with Gasteiger partial charge in [0.05, 0.1) is 11.3 Å². The van der Waals surface area contributed by atoms with E-state index in [0.29, 0.717) is 34.7 Å². The van der Waals surface area contributed by atoms with Crippen molar-refractivity contribution in [2.24, 2.45) is 7.05 Å². The van der Waals surface area contributed by atoms with Crippen molar-refractivity contribution in [1.29, 1.82) is 0 Å². The number of hydrogen-bond acceptors (Lipinski definition) is 7. The summed E-state index contributed by atoms with van der Waals surface area (Å²) in [5, 5.41) is 6.13. The highest BCUT2D eigenvalue weighted by Gasteiger charge is 2.20. The van der Waals surface area contributed by atoms with Gasteiger partial charge >= 0.3 is 0 Å². The van der Waals surface area contributed by atoms with E-state index in [4.69, 9.17) is 0 Å². The molecule has 45 heavy (non-hydrogen) atoms. The Bertz CT molecular complexity index is 1760. The van der Waals surface area contributed by atoms with Crippen molar-refractivity contribution in [2.45, 2.75) is 39.5 Å². The number of benzene rings is 2. The van der Waals surface area contributed by atoms with Crippen molar-refractivity contribution in [3.8, 4) is 11.3 Å². The Morgan fingerprint density at radius 2 is 1.62 bits per heavy atom. The maximum absolute atomic E-state index is 13.1. The summed E-state index contributed by atoms with van der Waals surface area (Å²) in [5.74, 6) is -0.0962. The Morgan fingerprint density at radius 1 is 0.889 bits per heavy atom. The lowest BCUT2D eigenvalue weighted by atomic mass is 9.91. The topological polar surface area (TPSA) is 112 Å². The number of anilines is 3. The molecule has 10 nitrogen and oxygen atoms in total. The number of aromatic nitrogens is 3. The number of carbonyl (C=O) groups is 2. The van der Waals surface area contributed by atoms with Crippen molar-refractivity contribution >= 4 is 29.0 Å². The average Bonchev–Trinajstić information content (AvgIpc) is 3.24. The number of amides is 2. The summed E-state index contributed by atoms with van der Waals surface area (Å²) in [6.45, 7) is 11.4. The lowest BCUT2D eigenvalue weighted by Crippen LogP contribution is -2.34. The summed E-state index contributed by atoms with van der Waals surface area (Å²) in [6, 6.07) is 16.4. The lowest BCUT2D eigenvalue weighted by molar-refractivity contribution is 0.0762. The first-order chi connectivity index (χ1) is 21.4. The van der Waals surface area contributed by atoms with Crippen LogP contribution in [0.15, 0.2) is 71.8 Å². The number of carbonyl (C=O) groups excluding carboxylic acids is 2. The van der Waals surface area contributed by atoms with Gasteiger partial charge in [-0.05, 0) is 75.0 Å². The predicted octanol–water partition coefficient (Wildman–Crippen LogP) is 5.22. The average molecular weight is 608 g/mol. The van der Waals surface area contributed by atoms with E-state index in [1.54, 1.807) is 49.8 Å². The minimum absolute atomic E-state index is 0.00789. The number of nitrogens with zero attached hydrogens (tertiary/aromatic N) is 5. The molecule has 1 saturated heterocycles. The van der Waals surface area contributed by atoms with Crippen LogP contribution < -0.4 is 16.2 Å². The summed E-state index contributed by atoms with van der Waals surface area (Å²) >= 11 is 0. The summed E-state index contributed by atoms with van der Waals surface area (Å²) in [5.41, 5.74) is 5.02. The van der Waals surface area contributed by atoms with Crippen molar-refractivity contribution < 1.29 is 9.59 Å². The molecule has 4 aromatic rings. The van der Waals surface area contributed by atoms with E-state index in [9.17, 15) is 14.4 Å². The number of nitrogens with one attached hydrogen (secondary N) is 2. The molecule has 2 aromatic carbocycles. The maximum Gasteiger partial charge on any atom is 0.293 e. The summed E-state index contributed by atoms with van der Waals surface area (Å²) < 4.78 is 1.48. The lowest BCUT2D eigenvalue weighted by Gasteiger charge is -2.20.